The van der Waals surface area contributed by atoms with Gasteiger partial charge in [0, 0.05) is 44.5 Å². The SMILES string of the molecule is Cn1ccnc1CCN1Cc2ccccc2C1=N. The van der Waals surface area contributed by atoms with E-state index >= 15 is 0 Å². The second-order valence-electron chi connectivity index (χ2n) is 4.63. The Labute approximate surface area is 106 Å². The summed E-state index contributed by atoms with van der Waals surface area (Å²) in [6, 6.07) is 8.16. The van der Waals surface area contributed by atoms with Crippen LogP contribution in [0.1, 0.15) is 17.0 Å². The van der Waals surface area contributed by atoms with E-state index in [2.05, 4.69) is 16.0 Å². The second kappa shape index (κ2) is 4.29. The standard InChI is InChI=1S/C14H16N4/c1-17-9-7-16-13(17)6-8-18-10-11-4-2-3-5-12(11)14(18)15/h2-5,7,9,15H,6,8,10H2,1H3. The molecule has 0 amide bonds. The summed E-state index contributed by atoms with van der Waals surface area (Å²) < 4.78 is 2.03. The van der Waals surface area contributed by atoms with Gasteiger partial charge in [0.25, 0.3) is 0 Å². The highest BCUT2D eigenvalue weighted by Gasteiger charge is 2.23. The van der Waals surface area contributed by atoms with Gasteiger partial charge >= 0.3 is 0 Å². The summed E-state index contributed by atoms with van der Waals surface area (Å²) in [4.78, 5) is 6.43. The second-order valence-corrected chi connectivity index (χ2v) is 4.63. The van der Waals surface area contributed by atoms with Crippen molar-refractivity contribution >= 4 is 5.84 Å². The molecule has 18 heavy (non-hydrogen) atoms. The molecule has 4 nitrogen and oxygen atoms in total. The van der Waals surface area contributed by atoms with Crippen molar-refractivity contribution in [1.29, 1.82) is 5.41 Å². The summed E-state index contributed by atoms with van der Waals surface area (Å²) >= 11 is 0. The van der Waals surface area contributed by atoms with E-state index in [1.165, 1.54) is 5.56 Å². The van der Waals surface area contributed by atoms with Crippen LogP contribution in [0.2, 0.25) is 0 Å². The van der Waals surface area contributed by atoms with Crippen molar-refractivity contribution in [3.63, 3.8) is 0 Å². The number of hydrogen-bond donors (Lipinski definition) is 1. The Morgan fingerprint density at radius 3 is 2.89 bits per heavy atom. The number of rotatable bonds is 3. The summed E-state index contributed by atoms with van der Waals surface area (Å²) in [6.45, 7) is 1.69. The van der Waals surface area contributed by atoms with Gasteiger partial charge in [-0.15, -0.1) is 0 Å². The van der Waals surface area contributed by atoms with E-state index in [0.29, 0.717) is 5.84 Å². The van der Waals surface area contributed by atoms with Crippen LogP contribution in [0.4, 0.5) is 0 Å². The molecule has 1 aromatic heterocycles. The molecule has 3 rings (SSSR count). The first-order chi connectivity index (χ1) is 8.75. The molecular weight excluding hydrogens is 224 g/mol. The maximum atomic E-state index is 8.17. The predicted octanol–water partition coefficient (Wildman–Crippen LogP) is 1.80. The quantitative estimate of drug-likeness (QED) is 0.889. The molecule has 0 spiro atoms. The zero-order valence-corrected chi connectivity index (χ0v) is 10.4. The lowest BCUT2D eigenvalue weighted by atomic mass is 10.1. The monoisotopic (exact) mass is 240 g/mol. The van der Waals surface area contributed by atoms with Gasteiger partial charge in [0.05, 0.1) is 0 Å². The van der Waals surface area contributed by atoms with Gasteiger partial charge < -0.3 is 9.47 Å². The molecule has 0 bridgehead atoms. The number of fused-ring (bicyclic) bond motifs is 1. The van der Waals surface area contributed by atoms with Crippen LogP contribution >= 0.6 is 0 Å². The number of nitrogens with one attached hydrogen (secondary N) is 1. The van der Waals surface area contributed by atoms with Gasteiger partial charge in [-0.1, -0.05) is 24.3 Å². The highest BCUT2D eigenvalue weighted by Crippen LogP contribution is 2.22. The fourth-order valence-corrected chi connectivity index (χ4v) is 2.41. The Bertz CT molecular complexity index is 585. The Hall–Kier alpha value is -2.10. The average molecular weight is 240 g/mol. The Morgan fingerprint density at radius 1 is 1.33 bits per heavy atom. The molecule has 0 fully saturated rings. The topological polar surface area (TPSA) is 44.9 Å². The van der Waals surface area contributed by atoms with E-state index in [-0.39, 0.29) is 0 Å². The van der Waals surface area contributed by atoms with Gasteiger partial charge in [-0.25, -0.2) is 4.98 Å². The van der Waals surface area contributed by atoms with Crippen molar-refractivity contribution in [2.75, 3.05) is 6.54 Å². The van der Waals surface area contributed by atoms with Crippen LogP contribution in [0, 0.1) is 5.41 Å². The van der Waals surface area contributed by atoms with E-state index in [9.17, 15) is 0 Å². The molecule has 1 aliphatic rings. The number of benzene rings is 1. The number of aromatic nitrogens is 2. The van der Waals surface area contributed by atoms with Gasteiger partial charge in [0.2, 0.25) is 0 Å². The van der Waals surface area contributed by atoms with Crippen LogP contribution in [-0.4, -0.2) is 26.8 Å². The Kier molecular flexibility index (Phi) is 2.63. The summed E-state index contributed by atoms with van der Waals surface area (Å²) in [6.07, 6.45) is 4.65. The largest absolute Gasteiger partial charge is 0.352 e. The summed E-state index contributed by atoms with van der Waals surface area (Å²) in [5, 5.41) is 8.17. The zero-order valence-electron chi connectivity index (χ0n) is 10.4. The lowest BCUT2D eigenvalue weighted by Gasteiger charge is -2.17. The number of amidine groups is 1. The lowest BCUT2D eigenvalue weighted by molar-refractivity contribution is 0.425. The van der Waals surface area contributed by atoms with Crippen LogP contribution in [0.3, 0.4) is 0 Å². The molecule has 0 radical (unpaired) electrons. The summed E-state index contributed by atoms with van der Waals surface area (Å²) in [5.41, 5.74) is 2.32. The van der Waals surface area contributed by atoms with Crippen molar-refractivity contribution < 1.29 is 0 Å². The van der Waals surface area contributed by atoms with Gasteiger partial charge in [0.15, 0.2) is 0 Å². The molecule has 4 heteroatoms. The molecular formula is C14H16N4. The molecule has 2 heterocycles. The minimum atomic E-state index is 0.639. The lowest BCUT2D eigenvalue weighted by Crippen LogP contribution is -2.27. The molecule has 2 aromatic rings. The maximum Gasteiger partial charge on any atom is 0.128 e. The fourth-order valence-electron chi connectivity index (χ4n) is 2.41. The molecule has 0 saturated heterocycles. The summed E-state index contributed by atoms with van der Waals surface area (Å²) in [5.74, 6) is 1.71. The summed E-state index contributed by atoms with van der Waals surface area (Å²) in [7, 11) is 2.01. The van der Waals surface area contributed by atoms with E-state index in [1.807, 2.05) is 42.2 Å². The fraction of sp³-hybridized carbons (Fsp3) is 0.286. The molecule has 92 valence electrons. The zero-order chi connectivity index (χ0) is 12.5. The predicted molar refractivity (Wildman–Crippen MR) is 70.6 cm³/mol. The smallest absolute Gasteiger partial charge is 0.128 e. The van der Waals surface area contributed by atoms with Crippen LogP contribution in [0.15, 0.2) is 36.7 Å². The van der Waals surface area contributed by atoms with Crippen molar-refractivity contribution in [2.45, 2.75) is 13.0 Å². The highest BCUT2D eigenvalue weighted by molar-refractivity contribution is 6.00. The third kappa shape index (κ3) is 1.79. The molecule has 1 N–H and O–H groups in total. The van der Waals surface area contributed by atoms with Crippen molar-refractivity contribution in [2.24, 2.45) is 7.05 Å². The molecule has 0 unspecified atom stereocenters. The Balaban J connectivity index is 1.70. The van der Waals surface area contributed by atoms with Crippen LogP contribution < -0.4 is 0 Å². The molecule has 1 aliphatic heterocycles. The van der Waals surface area contributed by atoms with E-state index < -0.39 is 0 Å². The van der Waals surface area contributed by atoms with E-state index in [4.69, 9.17) is 5.41 Å². The van der Waals surface area contributed by atoms with Gasteiger partial charge in [-0.05, 0) is 5.56 Å². The molecule has 1 aromatic carbocycles. The normalized spacial score (nSPS) is 14.1. The van der Waals surface area contributed by atoms with Crippen LogP contribution in [-0.2, 0) is 20.0 Å². The average Bonchev–Trinajstić information content (AvgIpc) is 2.92. The van der Waals surface area contributed by atoms with Gasteiger partial charge in [0.1, 0.15) is 11.7 Å². The third-order valence-corrected chi connectivity index (χ3v) is 3.48. The van der Waals surface area contributed by atoms with Crippen molar-refractivity contribution in [3.8, 4) is 0 Å². The van der Waals surface area contributed by atoms with E-state index in [1.54, 1.807) is 0 Å². The highest BCUT2D eigenvalue weighted by atomic mass is 15.2. The van der Waals surface area contributed by atoms with Gasteiger partial charge in [-0.3, -0.25) is 5.41 Å². The molecule has 0 atom stereocenters. The third-order valence-electron chi connectivity index (χ3n) is 3.48. The van der Waals surface area contributed by atoms with Crippen molar-refractivity contribution in [1.82, 2.24) is 14.5 Å². The molecule has 0 aliphatic carbocycles. The minimum Gasteiger partial charge on any atom is -0.352 e. The first kappa shape index (κ1) is 11.0. The number of nitrogens with zero attached hydrogens (tertiary/aromatic N) is 3. The number of hydrogen-bond acceptors (Lipinski definition) is 2. The first-order valence-corrected chi connectivity index (χ1v) is 6.13. The maximum absolute atomic E-state index is 8.17. The first-order valence-electron chi connectivity index (χ1n) is 6.13. The van der Waals surface area contributed by atoms with Crippen molar-refractivity contribution in [3.05, 3.63) is 53.6 Å². The minimum absolute atomic E-state index is 0.639. The van der Waals surface area contributed by atoms with Crippen LogP contribution in [0.5, 0.6) is 0 Å². The molecule has 0 saturated carbocycles. The number of aryl methyl sites for hydroxylation is 1. The van der Waals surface area contributed by atoms with Crippen LogP contribution in [0.25, 0.3) is 0 Å². The van der Waals surface area contributed by atoms with Gasteiger partial charge in [-0.2, -0.15) is 0 Å². The number of imidazole rings is 1. The Morgan fingerprint density at radius 2 is 2.17 bits per heavy atom. The van der Waals surface area contributed by atoms with E-state index in [0.717, 1.165) is 30.9 Å².